The fourth-order valence-corrected chi connectivity index (χ4v) is 3.51. The van der Waals surface area contributed by atoms with Crippen molar-refractivity contribution in [1.29, 1.82) is 0 Å². The Balaban J connectivity index is 1.44. The van der Waals surface area contributed by atoms with Crippen molar-refractivity contribution in [2.75, 3.05) is 0 Å². The molecule has 1 saturated carbocycles. The van der Waals surface area contributed by atoms with Crippen molar-refractivity contribution in [1.82, 2.24) is 10.3 Å². The molecule has 2 unspecified atom stereocenters. The first-order valence-corrected chi connectivity index (χ1v) is 8.73. The monoisotopic (exact) mass is 326 g/mol. The van der Waals surface area contributed by atoms with E-state index in [-0.39, 0.29) is 17.0 Å². The summed E-state index contributed by atoms with van der Waals surface area (Å²) in [7, 11) is 0. The molecule has 2 heterocycles. The van der Waals surface area contributed by atoms with Crippen LogP contribution in [0, 0.1) is 5.92 Å². The van der Waals surface area contributed by atoms with Crippen LogP contribution in [-0.2, 0) is 19.4 Å². The lowest BCUT2D eigenvalue weighted by atomic mass is 9.95. The van der Waals surface area contributed by atoms with E-state index in [4.69, 9.17) is 4.42 Å². The highest BCUT2D eigenvalue weighted by Gasteiger charge is 2.36. The van der Waals surface area contributed by atoms with Gasteiger partial charge in [-0.3, -0.25) is 9.59 Å². The molecular formula is C19H22N2O3. The van der Waals surface area contributed by atoms with Crippen molar-refractivity contribution < 1.29 is 9.21 Å². The third-order valence-corrected chi connectivity index (χ3v) is 5.16. The molecule has 5 nitrogen and oxygen atoms in total. The molecule has 2 N–H and O–H groups in total. The van der Waals surface area contributed by atoms with Gasteiger partial charge in [-0.25, -0.2) is 0 Å². The van der Waals surface area contributed by atoms with Crippen LogP contribution in [0.3, 0.4) is 0 Å². The summed E-state index contributed by atoms with van der Waals surface area (Å²) < 4.78 is 5.78. The van der Waals surface area contributed by atoms with Gasteiger partial charge >= 0.3 is 0 Å². The molecule has 126 valence electrons. The van der Waals surface area contributed by atoms with Gasteiger partial charge < -0.3 is 14.7 Å². The first-order chi connectivity index (χ1) is 11.6. The quantitative estimate of drug-likeness (QED) is 0.907. The Bertz CT molecular complexity index is 833. The van der Waals surface area contributed by atoms with Gasteiger partial charge in [-0.15, -0.1) is 0 Å². The van der Waals surface area contributed by atoms with E-state index in [1.807, 2.05) is 12.1 Å². The number of amides is 1. The van der Waals surface area contributed by atoms with Crippen molar-refractivity contribution in [3.05, 3.63) is 56.9 Å². The van der Waals surface area contributed by atoms with E-state index >= 15 is 0 Å². The molecule has 24 heavy (non-hydrogen) atoms. The van der Waals surface area contributed by atoms with Crippen LogP contribution in [0.4, 0.5) is 0 Å². The number of aromatic nitrogens is 1. The number of H-pyrrole nitrogens is 1. The molecule has 0 aliphatic heterocycles. The summed E-state index contributed by atoms with van der Waals surface area (Å²) in [5.74, 6) is 2.60. The van der Waals surface area contributed by atoms with Gasteiger partial charge in [0.1, 0.15) is 17.1 Å². The maximum Gasteiger partial charge on any atom is 0.261 e. The largest absolute Gasteiger partial charge is 0.464 e. The van der Waals surface area contributed by atoms with E-state index in [0.717, 1.165) is 48.5 Å². The SMILES string of the molecule is CC1CC1c1ccc(CNC(=O)c2cc3c([nH]c2=O)CCCC3)o1. The number of rotatable bonds is 4. The average Bonchev–Trinajstić information content (AvgIpc) is 3.13. The maximum absolute atomic E-state index is 12.4. The fourth-order valence-electron chi connectivity index (χ4n) is 3.51. The molecule has 0 radical (unpaired) electrons. The van der Waals surface area contributed by atoms with Crippen LogP contribution in [0.2, 0.25) is 0 Å². The van der Waals surface area contributed by atoms with Crippen molar-refractivity contribution in [3.63, 3.8) is 0 Å². The summed E-state index contributed by atoms with van der Waals surface area (Å²) in [6, 6.07) is 5.64. The fraction of sp³-hybridized carbons (Fsp3) is 0.474. The number of carbonyl (C=O) groups excluding carboxylic acids is 1. The molecule has 4 rings (SSSR count). The number of pyridine rings is 1. The minimum Gasteiger partial charge on any atom is -0.464 e. The topological polar surface area (TPSA) is 75.1 Å². The summed E-state index contributed by atoms with van der Waals surface area (Å²) in [4.78, 5) is 27.4. The van der Waals surface area contributed by atoms with Crippen LogP contribution in [0.5, 0.6) is 0 Å². The zero-order valence-corrected chi connectivity index (χ0v) is 13.9. The Hall–Kier alpha value is -2.30. The van der Waals surface area contributed by atoms with Crippen LogP contribution in [0.1, 0.15) is 65.2 Å². The zero-order valence-electron chi connectivity index (χ0n) is 13.9. The first-order valence-electron chi connectivity index (χ1n) is 8.73. The normalized spacial score (nSPS) is 22.0. The van der Waals surface area contributed by atoms with E-state index in [9.17, 15) is 9.59 Å². The molecule has 2 aromatic rings. The number of nitrogens with one attached hydrogen (secondary N) is 2. The minimum atomic E-state index is -0.345. The van der Waals surface area contributed by atoms with Crippen molar-refractivity contribution in [2.24, 2.45) is 5.92 Å². The Kier molecular flexibility index (Phi) is 3.79. The number of hydrogen-bond acceptors (Lipinski definition) is 3. The standard InChI is InChI=1S/C19H22N2O3/c1-11-8-14(11)17-7-6-13(24-17)10-20-18(22)15-9-12-4-2-3-5-16(12)21-19(15)23/h6-7,9,11,14H,2-5,8,10H2,1H3,(H,20,22)(H,21,23). The lowest BCUT2D eigenvalue weighted by Crippen LogP contribution is -2.30. The van der Waals surface area contributed by atoms with Crippen LogP contribution in [0.15, 0.2) is 27.4 Å². The Morgan fingerprint density at radius 1 is 1.33 bits per heavy atom. The molecule has 1 fully saturated rings. The predicted molar refractivity (Wildman–Crippen MR) is 90.1 cm³/mol. The average molecular weight is 326 g/mol. The van der Waals surface area contributed by atoms with Gasteiger partial charge in [-0.05, 0) is 61.8 Å². The Labute approximate surface area is 140 Å². The number of fused-ring (bicyclic) bond motifs is 1. The highest BCUT2D eigenvalue weighted by atomic mass is 16.3. The van der Waals surface area contributed by atoms with E-state index in [1.54, 1.807) is 6.07 Å². The molecule has 0 bridgehead atoms. The highest BCUT2D eigenvalue weighted by Crippen LogP contribution is 2.47. The third kappa shape index (κ3) is 2.90. The van der Waals surface area contributed by atoms with E-state index in [0.29, 0.717) is 18.4 Å². The van der Waals surface area contributed by atoms with E-state index in [1.165, 1.54) is 6.42 Å². The van der Waals surface area contributed by atoms with Crippen LogP contribution >= 0.6 is 0 Å². The van der Waals surface area contributed by atoms with Crippen molar-refractivity contribution >= 4 is 5.91 Å². The summed E-state index contributed by atoms with van der Waals surface area (Å²) in [5, 5.41) is 2.79. The van der Waals surface area contributed by atoms with Crippen LogP contribution < -0.4 is 10.9 Å². The smallest absolute Gasteiger partial charge is 0.261 e. The van der Waals surface area contributed by atoms with Gasteiger partial charge in [0, 0.05) is 11.6 Å². The van der Waals surface area contributed by atoms with Crippen LogP contribution in [-0.4, -0.2) is 10.9 Å². The summed E-state index contributed by atoms with van der Waals surface area (Å²) in [6.45, 7) is 2.51. The molecular weight excluding hydrogens is 304 g/mol. The molecule has 1 amide bonds. The molecule has 2 aliphatic rings. The number of hydrogen-bond donors (Lipinski definition) is 2. The minimum absolute atomic E-state index is 0.193. The molecule has 5 heteroatoms. The van der Waals surface area contributed by atoms with Gasteiger partial charge in [-0.1, -0.05) is 6.92 Å². The van der Waals surface area contributed by atoms with Crippen LogP contribution in [0.25, 0.3) is 0 Å². The molecule has 0 saturated heterocycles. The second-order valence-corrected chi connectivity index (χ2v) is 7.03. The van der Waals surface area contributed by atoms with Gasteiger partial charge in [-0.2, -0.15) is 0 Å². The van der Waals surface area contributed by atoms with Gasteiger partial charge in [0.15, 0.2) is 0 Å². The number of furan rings is 1. The van der Waals surface area contributed by atoms with E-state index < -0.39 is 0 Å². The molecule has 2 aliphatic carbocycles. The molecule has 2 atom stereocenters. The Morgan fingerprint density at radius 3 is 2.92 bits per heavy atom. The highest BCUT2D eigenvalue weighted by molar-refractivity contribution is 5.93. The maximum atomic E-state index is 12.4. The lowest BCUT2D eigenvalue weighted by molar-refractivity contribution is 0.0946. The molecule has 0 aromatic carbocycles. The lowest BCUT2D eigenvalue weighted by Gasteiger charge is -2.15. The molecule has 0 spiro atoms. The second kappa shape index (κ2) is 5.96. The zero-order chi connectivity index (χ0) is 16.7. The predicted octanol–water partition coefficient (Wildman–Crippen LogP) is 2.90. The van der Waals surface area contributed by atoms with Gasteiger partial charge in [0.2, 0.25) is 0 Å². The second-order valence-electron chi connectivity index (χ2n) is 7.03. The molecule has 2 aromatic heterocycles. The summed E-state index contributed by atoms with van der Waals surface area (Å²) >= 11 is 0. The van der Waals surface area contributed by atoms with E-state index in [2.05, 4.69) is 17.2 Å². The Morgan fingerprint density at radius 2 is 2.12 bits per heavy atom. The summed E-state index contributed by atoms with van der Waals surface area (Å²) in [5.41, 5.74) is 1.96. The van der Waals surface area contributed by atoms with Crippen molar-refractivity contribution in [3.8, 4) is 0 Å². The first kappa shape index (κ1) is 15.2. The van der Waals surface area contributed by atoms with Crippen molar-refractivity contribution in [2.45, 2.75) is 51.5 Å². The number of carbonyl (C=O) groups is 1. The number of aryl methyl sites for hydroxylation is 2. The third-order valence-electron chi connectivity index (χ3n) is 5.16. The van der Waals surface area contributed by atoms with Gasteiger partial charge in [0.05, 0.1) is 6.54 Å². The number of aromatic amines is 1. The summed E-state index contributed by atoms with van der Waals surface area (Å²) in [6.07, 6.45) is 5.18. The van der Waals surface area contributed by atoms with Gasteiger partial charge in [0.25, 0.3) is 11.5 Å².